The van der Waals surface area contributed by atoms with Crippen LogP contribution in [0.25, 0.3) is 59.8 Å². The fourth-order valence-electron chi connectivity index (χ4n) is 8.42. The zero-order valence-electron chi connectivity index (χ0n) is 27.0. The van der Waals surface area contributed by atoms with Gasteiger partial charge >= 0.3 is 0 Å². The molecule has 0 fully saturated rings. The summed E-state index contributed by atoms with van der Waals surface area (Å²) in [5.74, 6) is 1.68. The van der Waals surface area contributed by atoms with Crippen LogP contribution in [0.1, 0.15) is 5.56 Å². The Labute approximate surface area is 297 Å². The standard InChI is InChI=1S/C44H23BN4OS/c1-47-35-14-7-13-32-30-11-3-5-16-37(30)49(44(32)35)28-20-22-34-41(24-28)51-40-18-8-17-38-42(40)45(34)33-21-19-27(23-39(33)50-38)48-36-15-4-2-10-29(36)31-12-6-9-26(25-46)43(31)48/h2-24H. The summed E-state index contributed by atoms with van der Waals surface area (Å²) < 4.78 is 11.2. The van der Waals surface area contributed by atoms with Crippen molar-refractivity contribution in [3.05, 3.63) is 157 Å². The highest BCUT2D eigenvalue weighted by Crippen LogP contribution is 2.42. The minimum absolute atomic E-state index is 0.0101. The molecule has 7 aromatic carbocycles. The molecule has 0 atom stereocenters. The third-order valence-electron chi connectivity index (χ3n) is 10.5. The molecule has 2 aliphatic rings. The molecule has 0 unspecified atom stereocenters. The molecule has 0 bridgehead atoms. The fraction of sp³-hybridized carbons (Fsp3) is 0. The Morgan fingerprint density at radius 1 is 0.608 bits per heavy atom. The molecular formula is C44H23BN4OS. The summed E-state index contributed by atoms with van der Waals surface area (Å²) in [7, 11) is 0. The van der Waals surface area contributed by atoms with Gasteiger partial charge in [0.1, 0.15) is 17.6 Å². The van der Waals surface area contributed by atoms with Gasteiger partial charge in [-0.05, 0) is 64.8 Å². The molecule has 11 rings (SSSR count). The Kier molecular flexibility index (Phi) is 5.76. The van der Waals surface area contributed by atoms with E-state index in [1.807, 2.05) is 36.4 Å². The van der Waals surface area contributed by atoms with Gasteiger partial charge in [-0.3, -0.25) is 0 Å². The Morgan fingerprint density at radius 2 is 1.25 bits per heavy atom. The van der Waals surface area contributed by atoms with Gasteiger partial charge in [-0.25, -0.2) is 4.85 Å². The van der Waals surface area contributed by atoms with E-state index in [-0.39, 0.29) is 6.71 Å². The zero-order chi connectivity index (χ0) is 33.8. The maximum Gasteiger partial charge on any atom is 0.253 e. The summed E-state index contributed by atoms with van der Waals surface area (Å²) >= 11 is 1.78. The summed E-state index contributed by atoms with van der Waals surface area (Å²) in [4.78, 5) is 6.29. The number of nitrogens with zero attached hydrogens (tertiary/aromatic N) is 4. The summed E-state index contributed by atoms with van der Waals surface area (Å²) in [6, 6.07) is 50.6. The number of aromatic nitrogens is 2. The number of hydrogen-bond donors (Lipinski definition) is 0. The molecule has 9 aromatic rings. The van der Waals surface area contributed by atoms with E-state index < -0.39 is 0 Å². The van der Waals surface area contributed by atoms with E-state index in [0.717, 1.165) is 71.9 Å². The predicted octanol–water partition coefficient (Wildman–Crippen LogP) is 9.39. The minimum atomic E-state index is -0.0101. The van der Waals surface area contributed by atoms with Crippen LogP contribution in [-0.2, 0) is 0 Å². The third kappa shape index (κ3) is 3.81. The van der Waals surface area contributed by atoms with Crippen molar-refractivity contribution in [1.82, 2.24) is 9.13 Å². The van der Waals surface area contributed by atoms with Gasteiger partial charge in [-0.2, -0.15) is 5.26 Å². The zero-order valence-corrected chi connectivity index (χ0v) is 27.8. The van der Waals surface area contributed by atoms with Gasteiger partial charge in [0.25, 0.3) is 6.71 Å². The van der Waals surface area contributed by atoms with Gasteiger partial charge in [0.15, 0.2) is 0 Å². The Morgan fingerprint density at radius 3 is 2.02 bits per heavy atom. The minimum Gasteiger partial charge on any atom is -0.458 e. The summed E-state index contributed by atoms with van der Waals surface area (Å²) in [5, 5.41) is 14.5. The Balaban J connectivity index is 1.11. The molecule has 0 saturated carbocycles. The first kappa shape index (κ1) is 28.2. The molecule has 4 heterocycles. The molecule has 0 radical (unpaired) electrons. The van der Waals surface area contributed by atoms with Crippen molar-refractivity contribution >= 4 is 84.2 Å². The summed E-state index contributed by atoms with van der Waals surface area (Å²) in [5.41, 5.74) is 10.8. The lowest BCUT2D eigenvalue weighted by Crippen LogP contribution is -2.57. The van der Waals surface area contributed by atoms with Crippen molar-refractivity contribution in [3.8, 4) is 28.9 Å². The number of rotatable bonds is 2. The highest BCUT2D eigenvalue weighted by Gasteiger charge is 2.39. The van der Waals surface area contributed by atoms with Gasteiger partial charge < -0.3 is 13.9 Å². The van der Waals surface area contributed by atoms with Crippen molar-refractivity contribution in [3.63, 3.8) is 0 Å². The second-order valence-electron chi connectivity index (χ2n) is 13.1. The van der Waals surface area contributed by atoms with Crippen molar-refractivity contribution in [2.24, 2.45) is 0 Å². The van der Waals surface area contributed by atoms with Crippen LogP contribution in [0.4, 0.5) is 5.69 Å². The topological polar surface area (TPSA) is 47.2 Å². The Hall–Kier alpha value is -6.67. The average molecular weight is 667 g/mol. The maximum atomic E-state index is 10.1. The van der Waals surface area contributed by atoms with E-state index in [9.17, 15) is 5.26 Å². The van der Waals surface area contributed by atoms with Gasteiger partial charge in [0.05, 0.1) is 34.2 Å². The summed E-state index contributed by atoms with van der Waals surface area (Å²) in [6.45, 7) is 7.97. The first-order valence-electron chi connectivity index (χ1n) is 16.8. The number of ether oxygens (including phenoxy) is 1. The van der Waals surface area contributed by atoms with Crippen LogP contribution >= 0.6 is 11.8 Å². The van der Waals surface area contributed by atoms with E-state index in [2.05, 4.69) is 123 Å². The lowest BCUT2D eigenvalue weighted by molar-refractivity contribution is 0.486. The first-order valence-corrected chi connectivity index (χ1v) is 17.6. The van der Waals surface area contributed by atoms with Crippen LogP contribution in [0.3, 0.4) is 0 Å². The SMILES string of the molecule is [C-]#[N+]c1cccc2c3ccccc3n(-c3ccc4c(c3)Sc3cccc5c3B4c3ccc(-n4c6ccccc6c6cccc(C#N)c64)cc3O5)c12. The average Bonchev–Trinajstić information content (AvgIpc) is 3.71. The van der Waals surface area contributed by atoms with E-state index in [1.165, 1.54) is 20.7 Å². The van der Waals surface area contributed by atoms with Crippen molar-refractivity contribution in [1.29, 1.82) is 5.26 Å². The van der Waals surface area contributed by atoms with Crippen LogP contribution in [0.15, 0.2) is 149 Å². The predicted molar refractivity (Wildman–Crippen MR) is 208 cm³/mol. The van der Waals surface area contributed by atoms with E-state index >= 15 is 0 Å². The number of hydrogen-bond acceptors (Lipinski definition) is 3. The molecule has 0 saturated heterocycles. The molecule has 5 nitrogen and oxygen atoms in total. The van der Waals surface area contributed by atoms with Crippen LogP contribution in [0, 0.1) is 17.9 Å². The molecule has 0 N–H and O–H groups in total. The highest BCUT2D eigenvalue weighted by atomic mass is 32.2. The van der Waals surface area contributed by atoms with Gasteiger partial charge in [0.2, 0.25) is 5.69 Å². The first-order chi connectivity index (χ1) is 25.2. The fourth-order valence-corrected chi connectivity index (χ4v) is 9.61. The van der Waals surface area contributed by atoms with E-state index in [1.54, 1.807) is 11.8 Å². The molecule has 2 aliphatic heterocycles. The molecule has 7 heteroatoms. The van der Waals surface area contributed by atoms with Gasteiger partial charge in [-0.15, -0.1) is 0 Å². The smallest absolute Gasteiger partial charge is 0.253 e. The molecule has 51 heavy (non-hydrogen) atoms. The number of fused-ring (bicyclic) bond motifs is 10. The lowest BCUT2D eigenvalue weighted by Gasteiger charge is -2.33. The van der Waals surface area contributed by atoms with Crippen LogP contribution in [0.2, 0.25) is 0 Å². The monoisotopic (exact) mass is 666 g/mol. The summed E-state index contributed by atoms with van der Waals surface area (Å²) in [6.07, 6.45) is 0. The number of nitriles is 1. The molecule has 234 valence electrons. The van der Waals surface area contributed by atoms with Gasteiger partial charge in [-0.1, -0.05) is 102 Å². The van der Waals surface area contributed by atoms with Crippen molar-refractivity contribution in [2.45, 2.75) is 9.79 Å². The van der Waals surface area contributed by atoms with Crippen molar-refractivity contribution < 1.29 is 4.74 Å². The maximum absolute atomic E-state index is 10.1. The van der Waals surface area contributed by atoms with Crippen molar-refractivity contribution in [2.75, 3.05) is 0 Å². The number of para-hydroxylation sites is 4. The largest absolute Gasteiger partial charge is 0.458 e. The lowest BCUT2D eigenvalue weighted by atomic mass is 9.35. The second-order valence-corrected chi connectivity index (χ2v) is 14.1. The molecule has 0 amide bonds. The van der Waals surface area contributed by atoms with E-state index in [4.69, 9.17) is 11.3 Å². The second kappa shape index (κ2) is 10.4. The van der Waals surface area contributed by atoms with Crippen LogP contribution in [-0.4, -0.2) is 15.8 Å². The van der Waals surface area contributed by atoms with Crippen LogP contribution < -0.4 is 21.1 Å². The molecule has 2 aromatic heterocycles. The number of benzene rings is 7. The quantitative estimate of drug-likeness (QED) is 0.137. The van der Waals surface area contributed by atoms with Gasteiger partial charge in [0, 0.05) is 43.4 Å². The molecule has 0 spiro atoms. The third-order valence-corrected chi connectivity index (χ3v) is 11.6. The highest BCUT2D eigenvalue weighted by molar-refractivity contribution is 8.00. The Bertz CT molecular complexity index is 2880. The van der Waals surface area contributed by atoms with Crippen LogP contribution in [0.5, 0.6) is 11.5 Å². The molecular weight excluding hydrogens is 643 g/mol. The molecule has 0 aliphatic carbocycles. The van der Waals surface area contributed by atoms with E-state index in [0.29, 0.717) is 11.3 Å². The normalized spacial score (nSPS) is 12.7.